The molecule has 0 aliphatic carbocycles. The molecule has 1 aromatic carbocycles. The molecule has 4 nitrogen and oxygen atoms in total. The number of hydrogen-bond donors (Lipinski definition) is 0. The molecule has 0 spiro atoms. The summed E-state index contributed by atoms with van der Waals surface area (Å²) in [4.78, 5) is 13.3. The number of nitrogens with zero attached hydrogens (tertiary/aromatic N) is 3. The van der Waals surface area contributed by atoms with Gasteiger partial charge < -0.3 is 4.90 Å². The van der Waals surface area contributed by atoms with Crippen LogP contribution in [0.5, 0.6) is 0 Å². The van der Waals surface area contributed by atoms with Crippen LogP contribution in [0.2, 0.25) is 0 Å². The molecule has 0 saturated carbocycles. The molecule has 0 aliphatic heterocycles. The molecule has 0 N–H and O–H groups in total. The molecule has 17 heavy (non-hydrogen) atoms. The van der Waals surface area contributed by atoms with Crippen molar-refractivity contribution in [2.45, 2.75) is 13.8 Å². The van der Waals surface area contributed by atoms with Gasteiger partial charge in [-0.25, -0.2) is 0 Å². The van der Waals surface area contributed by atoms with Gasteiger partial charge in [0.05, 0.1) is 12.1 Å². The van der Waals surface area contributed by atoms with Crippen LogP contribution in [-0.4, -0.2) is 23.9 Å². The molecule has 0 aromatic heterocycles. The van der Waals surface area contributed by atoms with E-state index in [-0.39, 0.29) is 19.0 Å². The van der Waals surface area contributed by atoms with E-state index in [2.05, 4.69) is 0 Å². The minimum atomic E-state index is -0.273. The monoisotopic (exact) mass is 227 g/mol. The number of carbonyl (C=O) groups excluding carboxylic acids is 1. The van der Waals surface area contributed by atoms with Crippen LogP contribution >= 0.6 is 0 Å². The van der Waals surface area contributed by atoms with Crippen LogP contribution < -0.4 is 0 Å². The third-order valence-electron chi connectivity index (χ3n) is 2.42. The summed E-state index contributed by atoms with van der Waals surface area (Å²) in [6, 6.07) is 9.26. The number of rotatable bonds is 3. The third kappa shape index (κ3) is 3.06. The summed E-state index contributed by atoms with van der Waals surface area (Å²) >= 11 is 0. The molecular formula is C13H13N3O. The zero-order chi connectivity index (χ0) is 12.8. The Balaban J connectivity index is 3.02. The van der Waals surface area contributed by atoms with Gasteiger partial charge in [0.2, 0.25) is 0 Å². The van der Waals surface area contributed by atoms with Gasteiger partial charge in [-0.3, -0.25) is 4.79 Å². The third-order valence-corrected chi connectivity index (χ3v) is 2.42. The van der Waals surface area contributed by atoms with Crippen LogP contribution in [0.1, 0.15) is 21.5 Å². The zero-order valence-electron chi connectivity index (χ0n) is 9.90. The van der Waals surface area contributed by atoms with E-state index in [0.717, 1.165) is 11.1 Å². The molecule has 1 aromatic rings. The largest absolute Gasteiger partial charge is 0.312 e. The van der Waals surface area contributed by atoms with Crippen molar-refractivity contribution < 1.29 is 4.79 Å². The van der Waals surface area contributed by atoms with Gasteiger partial charge >= 0.3 is 0 Å². The molecule has 1 rings (SSSR count). The van der Waals surface area contributed by atoms with E-state index in [9.17, 15) is 4.79 Å². The van der Waals surface area contributed by atoms with Crippen molar-refractivity contribution in [3.05, 3.63) is 34.9 Å². The number of carbonyl (C=O) groups is 1. The van der Waals surface area contributed by atoms with Crippen molar-refractivity contribution >= 4 is 5.91 Å². The average molecular weight is 227 g/mol. The maximum Gasteiger partial charge on any atom is 0.255 e. The van der Waals surface area contributed by atoms with E-state index in [1.165, 1.54) is 4.90 Å². The van der Waals surface area contributed by atoms with Crippen LogP contribution in [0.3, 0.4) is 0 Å². The Labute approximate surface area is 101 Å². The Bertz CT molecular complexity index is 492. The minimum absolute atomic E-state index is 0.0697. The van der Waals surface area contributed by atoms with Gasteiger partial charge in [-0.05, 0) is 25.5 Å². The molecule has 0 fully saturated rings. The Morgan fingerprint density at radius 1 is 1.24 bits per heavy atom. The van der Waals surface area contributed by atoms with Gasteiger partial charge in [0, 0.05) is 5.56 Å². The van der Waals surface area contributed by atoms with E-state index in [4.69, 9.17) is 10.5 Å². The lowest BCUT2D eigenvalue weighted by molar-refractivity contribution is 0.0794. The highest BCUT2D eigenvalue weighted by Crippen LogP contribution is 2.13. The first-order valence-corrected chi connectivity index (χ1v) is 5.20. The number of amides is 1. The fourth-order valence-electron chi connectivity index (χ4n) is 1.59. The van der Waals surface area contributed by atoms with Crippen molar-refractivity contribution in [1.29, 1.82) is 10.5 Å². The molecular weight excluding hydrogens is 214 g/mol. The summed E-state index contributed by atoms with van der Waals surface area (Å²) in [5, 5.41) is 17.2. The zero-order valence-corrected chi connectivity index (χ0v) is 9.90. The highest BCUT2D eigenvalue weighted by Gasteiger charge is 2.16. The fourth-order valence-corrected chi connectivity index (χ4v) is 1.59. The predicted molar refractivity (Wildman–Crippen MR) is 63.0 cm³/mol. The SMILES string of the molecule is Cc1ccc(C(=O)N(CC#N)CC#N)c(C)c1. The summed E-state index contributed by atoms with van der Waals surface area (Å²) in [7, 11) is 0. The predicted octanol–water partition coefficient (Wildman–Crippen LogP) is 1.79. The van der Waals surface area contributed by atoms with Gasteiger partial charge in [-0.1, -0.05) is 17.7 Å². The number of benzene rings is 1. The Morgan fingerprint density at radius 2 is 1.82 bits per heavy atom. The maximum atomic E-state index is 12.1. The Morgan fingerprint density at radius 3 is 2.29 bits per heavy atom. The first kappa shape index (κ1) is 12.7. The summed E-state index contributed by atoms with van der Waals surface area (Å²) in [5.74, 6) is -0.273. The quantitative estimate of drug-likeness (QED) is 0.739. The lowest BCUT2D eigenvalue weighted by Gasteiger charge is -2.17. The topological polar surface area (TPSA) is 67.9 Å². The van der Waals surface area contributed by atoms with Gasteiger partial charge in [-0.2, -0.15) is 10.5 Å². The second-order valence-electron chi connectivity index (χ2n) is 3.80. The van der Waals surface area contributed by atoms with E-state index >= 15 is 0 Å². The molecule has 0 saturated heterocycles. The van der Waals surface area contributed by atoms with Gasteiger partial charge in [-0.15, -0.1) is 0 Å². The second kappa shape index (κ2) is 5.67. The molecule has 0 aliphatic rings. The smallest absolute Gasteiger partial charge is 0.255 e. The van der Waals surface area contributed by atoms with E-state index < -0.39 is 0 Å². The Hall–Kier alpha value is -2.33. The first-order chi connectivity index (χ1) is 8.10. The molecule has 86 valence electrons. The van der Waals surface area contributed by atoms with E-state index in [1.54, 1.807) is 6.07 Å². The molecule has 0 bridgehead atoms. The summed E-state index contributed by atoms with van der Waals surface area (Å²) in [6.45, 7) is 3.65. The lowest BCUT2D eigenvalue weighted by Crippen LogP contribution is -2.32. The van der Waals surface area contributed by atoms with Crippen molar-refractivity contribution in [2.24, 2.45) is 0 Å². The van der Waals surface area contributed by atoms with Crippen LogP contribution in [0, 0.1) is 36.5 Å². The van der Waals surface area contributed by atoms with E-state index in [1.807, 2.05) is 38.1 Å². The van der Waals surface area contributed by atoms with Crippen LogP contribution in [0.25, 0.3) is 0 Å². The van der Waals surface area contributed by atoms with Crippen LogP contribution in [0.15, 0.2) is 18.2 Å². The number of nitriles is 2. The normalized spacial score (nSPS) is 9.18. The lowest BCUT2D eigenvalue weighted by atomic mass is 10.0. The van der Waals surface area contributed by atoms with Crippen LogP contribution in [0.4, 0.5) is 0 Å². The number of hydrogen-bond acceptors (Lipinski definition) is 3. The molecule has 1 amide bonds. The first-order valence-electron chi connectivity index (χ1n) is 5.20. The van der Waals surface area contributed by atoms with Crippen molar-refractivity contribution in [3.63, 3.8) is 0 Å². The molecule has 0 heterocycles. The van der Waals surface area contributed by atoms with Crippen LogP contribution in [-0.2, 0) is 0 Å². The second-order valence-corrected chi connectivity index (χ2v) is 3.80. The Kier molecular flexibility index (Phi) is 4.25. The highest BCUT2D eigenvalue weighted by atomic mass is 16.2. The van der Waals surface area contributed by atoms with Crippen molar-refractivity contribution in [1.82, 2.24) is 4.90 Å². The standard InChI is InChI=1S/C13H13N3O/c1-10-3-4-12(11(2)9-10)13(17)16(7-5-14)8-6-15/h3-4,9H,7-8H2,1-2H3. The van der Waals surface area contributed by atoms with Gasteiger partial charge in [0.15, 0.2) is 0 Å². The molecule has 0 unspecified atom stereocenters. The van der Waals surface area contributed by atoms with Gasteiger partial charge in [0.25, 0.3) is 5.91 Å². The van der Waals surface area contributed by atoms with Crippen molar-refractivity contribution in [3.8, 4) is 12.1 Å². The average Bonchev–Trinajstić information content (AvgIpc) is 2.28. The van der Waals surface area contributed by atoms with Gasteiger partial charge in [0.1, 0.15) is 13.1 Å². The molecule has 0 atom stereocenters. The highest BCUT2D eigenvalue weighted by molar-refractivity contribution is 5.96. The van der Waals surface area contributed by atoms with E-state index in [0.29, 0.717) is 5.56 Å². The maximum absolute atomic E-state index is 12.1. The molecule has 4 heteroatoms. The molecule has 0 radical (unpaired) electrons. The number of aryl methyl sites for hydroxylation is 2. The summed E-state index contributed by atoms with van der Waals surface area (Å²) in [5.41, 5.74) is 2.48. The summed E-state index contributed by atoms with van der Waals surface area (Å²) in [6.07, 6.45) is 0. The minimum Gasteiger partial charge on any atom is -0.312 e. The van der Waals surface area contributed by atoms with Crippen molar-refractivity contribution in [2.75, 3.05) is 13.1 Å². The fraction of sp³-hybridized carbons (Fsp3) is 0.308. The summed E-state index contributed by atoms with van der Waals surface area (Å²) < 4.78 is 0.